The van der Waals surface area contributed by atoms with Gasteiger partial charge < -0.3 is 19.8 Å². The zero-order chi connectivity index (χ0) is 16.1. The number of hydrogen-bond donors (Lipinski definition) is 4. The molecule has 3 rings (SSSR count). The number of rotatable bonds is 3. The molecule has 0 aromatic rings. The van der Waals surface area contributed by atoms with Crippen molar-refractivity contribution in [3.05, 3.63) is 0 Å². The van der Waals surface area contributed by atoms with Crippen LogP contribution in [-0.4, -0.2) is 81.8 Å². The van der Waals surface area contributed by atoms with Gasteiger partial charge in [-0.15, -0.1) is 0 Å². The Morgan fingerprint density at radius 1 is 1.45 bits per heavy atom. The van der Waals surface area contributed by atoms with Crippen LogP contribution in [0.25, 0.3) is 0 Å². The third-order valence-corrected chi connectivity index (χ3v) is 4.36. The molecule has 22 heavy (non-hydrogen) atoms. The summed E-state index contributed by atoms with van der Waals surface area (Å²) in [6, 6.07) is 0. The lowest BCUT2D eigenvalue weighted by Gasteiger charge is -2.30. The third kappa shape index (κ3) is 2.43. The standard InChI is InChI=1S/C11H17FN6O3S/c1-22-2-4-5(19)6(20)9(21-4)18-3-15-7-8(18)16-10(12)17-11(7,13)14/h4-6,9,19-20H,2-3,13-14H2,1H3/t4-,5-,6-,9-/m1/s1. The van der Waals surface area contributed by atoms with E-state index >= 15 is 0 Å². The van der Waals surface area contributed by atoms with E-state index in [1.54, 1.807) is 0 Å². The van der Waals surface area contributed by atoms with Crippen molar-refractivity contribution in [2.75, 3.05) is 18.7 Å². The third-order valence-electron chi connectivity index (χ3n) is 3.70. The van der Waals surface area contributed by atoms with E-state index < -0.39 is 36.4 Å². The zero-order valence-corrected chi connectivity index (χ0v) is 12.6. The zero-order valence-electron chi connectivity index (χ0n) is 11.8. The first-order valence-corrected chi connectivity index (χ1v) is 7.99. The van der Waals surface area contributed by atoms with Crippen LogP contribution in [0.15, 0.2) is 15.0 Å². The van der Waals surface area contributed by atoms with Crippen molar-refractivity contribution in [2.24, 2.45) is 26.4 Å². The number of nitrogens with two attached hydrogens (primary N) is 2. The lowest BCUT2D eigenvalue weighted by Crippen LogP contribution is -2.61. The Bertz CT molecular complexity index is 568. The van der Waals surface area contributed by atoms with E-state index in [-0.39, 0.29) is 18.2 Å². The van der Waals surface area contributed by atoms with Gasteiger partial charge in [-0.2, -0.15) is 26.1 Å². The van der Waals surface area contributed by atoms with Crippen LogP contribution in [0.5, 0.6) is 0 Å². The first-order valence-electron chi connectivity index (χ1n) is 6.59. The SMILES string of the molecule is CSC[C@H]1O[C@@H](N2CN=C3C2=NC(F)=NC3(N)N)[C@H](O)[C@@H]1O. The van der Waals surface area contributed by atoms with Crippen LogP contribution in [0.4, 0.5) is 4.39 Å². The second kappa shape index (κ2) is 5.51. The molecule has 3 aliphatic heterocycles. The summed E-state index contributed by atoms with van der Waals surface area (Å²) >= 11 is 1.48. The number of hydrogen-bond acceptors (Lipinski definition) is 10. The van der Waals surface area contributed by atoms with Gasteiger partial charge in [0.15, 0.2) is 12.1 Å². The van der Waals surface area contributed by atoms with Gasteiger partial charge in [0.25, 0.3) is 0 Å². The number of thioether (sulfide) groups is 1. The van der Waals surface area contributed by atoms with Crippen LogP contribution in [-0.2, 0) is 4.74 Å². The summed E-state index contributed by atoms with van der Waals surface area (Å²) in [6.45, 7) is 0.0353. The minimum Gasteiger partial charge on any atom is -0.387 e. The summed E-state index contributed by atoms with van der Waals surface area (Å²) in [6.07, 6.45) is -2.89. The van der Waals surface area contributed by atoms with E-state index in [0.717, 1.165) is 0 Å². The molecule has 3 heterocycles. The molecule has 0 amide bonds. The topological polar surface area (TPSA) is 142 Å². The van der Waals surface area contributed by atoms with E-state index in [4.69, 9.17) is 16.2 Å². The molecule has 0 saturated carbocycles. The fourth-order valence-corrected chi connectivity index (χ4v) is 3.26. The van der Waals surface area contributed by atoms with Crippen molar-refractivity contribution in [3.8, 4) is 0 Å². The van der Waals surface area contributed by atoms with Gasteiger partial charge in [-0.1, -0.05) is 0 Å². The Labute approximate surface area is 129 Å². The van der Waals surface area contributed by atoms with Gasteiger partial charge in [0.2, 0.25) is 5.79 Å². The molecule has 122 valence electrons. The van der Waals surface area contributed by atoms with E-state index in [1.807, 2.05) is 6.26 Å². The molecule has 1 saturated heterocycles. The number of nitrogens with zero attached hydrogens (tertiary/aromatic N) is 4. The van der Waals surface area contributed by atoms with Crippen molar-refractivity contribution < 1.29 is 19.3 Å². The highest BCUT2D eigenvalue weighted by molar-refractivity contribution is 7.98. The van der Waals surface area contributed by atoms with E-state index in [9.17, 15) is 14.6 Å². The lowest BCUT2D eigenvalue weighted by atomic mass is 10.1. The van der Waals surface area contributed by atoms with Gasteiger partial charge in [-0.3, -0.25) is 16.5 Å². The quantitative estimate of drug-likeness (QED) is 0.340. The normalized spacial score (nSPS) is 36.8. The average molecular weight is 332 g/mol. The maximum absolute atomic E-state index is 13.5. The highest BCUT2D eigenvalue weighted by atomic mass is 32.2. The maximum atomic E-state index is 13.5. The minimum absolute atomic E-state index is 0.0353. The second-order valence-electron chi connectivity index (χ2n) is 5.26. The molecule has 4 atom stereocenters. The Kier molecular flexibility index (Phi) is 3.95. The fraction of sp³-hybridized carbons (Fsp3) is 0.727. The molecule has 0 bridgehead atoms. The molecule has 0 unspecified atom stereocenters. The number of aliphatic imine (C=N–C) groups is 3. The molecule has 0 radical (unpaired) electrons. The minimum atomic E-state index is -1.81. The molecule has 0 aliphatic carbocycles. The Hall–Kier alpha value is -1.11. The van der Waals surface area contributed by atoms with Crippen molar-refractivity contribution >= 4 is 29.4 Å². The van der Waals surface area contributed by atoms with Crippen molar-refractivity contribution in [1.82, 2.24) is 4.90 Å². The van der Waals surface area contributed by atoms with E-state index in [1.165, 1.54) is 16.7 Å². The monoisotopic (exact) mass is 332 g/mol. The summed E-state index contributed by atoms with van der Waals surface area (Å²) in [4.78, 5) is 12.6. The van der Waals surface area contributed by atoms with Gasteiger partial charge in [-0.05, 0) is 6.26 Å². The summed E-state index contributed by atoms with van der Waals surface area (Å²) in [7, 11) is 0. The number of halogens is 1. The predicted molar refractivity (Wildman–Crippen MR) is 80.3 cm³/mol. The van der Waals surface area contributed by atoms with Crippen LogP contribution in [0.1, 0.15) is 0 Å². The van der Waals surface area contributed by atoms with E-state index in [2.05, 4.69) is 15.0 Å². The Balaban J connectivity index is 1.85. The molecule has 6 N–H and O–H groups in total. The van der Waals surface area contributed by atoms with Gasteiger partial charge in [0.1, 0.15) is 24.6 Å². The molecular weight excluding hydrogens is 315 g/mol. The predicted octanol–water partition coefficient (Wildman–Crippen LogP) is -2.18. The van der Waals surface area contributed by atoms with Gasteiger partial charge in [-0.25, -0.2) is 0 Å². The van der Waals surface area contributed by atoms with Crippen LogP contribution in [0.2, 0.25) is 0 Å². The van der Waals surface area contributed by atoms with Gasteiger partial charge in [0, 0.05) is 5.75 Å². The number of aliphatic hydroxyl groups excluding tert-OH is 2. The molecule has 0 aromatic heterocycles. The largest absolute Gasteiger partial charge is 0.387 e. The molecule has 0 aromatic carbocycles. The second-order valence-corrected chi connectivity index (χ2v) is 6.17. The van der Waals surface area contributed by atoms with Gasteiger partial charge in [0.05, 0.1) is 6.10 Å². The van der Waals surface area contributed by atoms with Gasteiger partial charge >= 0.3 is 6.09 Å². The summed E-state index contributed by atoms with van der Waals surface area (Å²) < 4.78 is 19.2. The average Bonchev–Trinajstić information content (AvgIpc) is 2.95. The van der Waals surface area contributed by atoms with Crippen LogP contribution in [0, 0.1) is 0 Å². The number of aliphatic hydroxyl groups is 2. The summed E-state index contributed by atoms with van der Waals surface area (Å²) in [5.41, 5.74) is 11.5. The van der Waals surface area contributed by atoms with Crippen LogP contribution in [0.3, 0.4) is 0 Å². The van der Waals surface area contributed by atoms with Crippen molar-refractivity contribution in [2.45, 2.75) is 30.3 Å². The smallest absolute Gasteiger partial charge is 0.309 e. The number of amidine groups is 2. The first-order chi connectivity index (χ1) is 10.3. The maximum Gasteiger partial charge on any atom is 0.309 e. The molecule has 1 fully saturated rings. The highest BCUT2D eigenvalue weighted by Crippen LogP contribution is 2.29. The molecule has 3 aliphatic rings. The van der Waals surface area contributed by atoms with Crippen LogP contribution < -0.4 is 11.5 Å². The van der Waals surface area contributed by atoms with Crippen molar-refractivity contribution in [3.63, 3.8) is 0 Å². The summed E-state index contributed by atoms with van der Waals surface area (Å²) in [5, 5.41) is 20.2. The van der Waals surface area contributed by atoms with E-state index in [0.29, 0.717) is 5.75 Å². The highest BCUT2D eigenvalue weighted by Gasteiger charge is 2.50. The first kappa shape index (κ1) is 15.8. The number of fused-ring (bicyclic) bond motifs is 1. The fourth-order valence-electron chi connectivity index (χ4n) is 2.65. The molecule has 11 heteroatoms. The Morgan fingerprint density at radius 3 is 2.86 bits per heavy atom. The van der Waals surface area contributed by atoms with Crippen LogP contribution >= 0.6 is 11.8 Å². The number of ether oxygens (including phenoxy) is 1. The molecule has 9 nitrogen and oxygen atoms in total. The molecular formula is C11H17FN6O3S. The summed E-state index contributed by atoms with van der Waals surface area (Å²) in [5.74, 6) is -1.23. The Morgan fingerprint density at radius 2 is 2.18 bits per heavy atom. The van der Waals surface area contributed by atoms with Crippen molar-refractivity contribution in [1.29, 1.82) is 0 Å². The molecule has 0 spiro atoms. The lowest BCUT2D eigenvalue weighted by molar-refractivity contribution is -0.0521.